The minimum Gasteiger partial charge on any atom is -0.366 e. The van der Waals surface area contributed by atoms with Crippen molar-refractivity contribution in [1.29, 1.82) is 0 Å². The molecule has 2 rings (SSSR count). The molecular weight excluding hydrogens is 208 g/mol. The summed E-state index contributed by atoms with van der Waals surface area (Å²) in [6.45, 7) is 1.91. The van der Waals surface area contributed by atoms with Crippen molar-refractivity contribution in [3.8, 4) is 0 Å². The zero-order valence-corrected chi connectivity index (χ0v) is 8.56. The van der Waals surface area contributed by atoms with Gasteiger partial charge in [0.2, 0.25) is 11.8 Å². The molecule has 0 saturated heterocycles. The molecule has 0 saturated carbocycles. The van der Waals surface area contributed by atoms with Gasteiger partial charge in [-0.25, -0.2) is 4.98 Å². The number of carbonyl (C=O) groups is 1. The summed E-state index contributed by atoms with van der Waals surface area (Å²) in [7, 11) is 0. The van der Waals surface area contributed by atoms with Crippen molar-refractivity contribution in [1.82, 2.24) is 20.2 Å². The summed E-state index contributed by atoms with van der Waals surface area (Å²) in [6.07, 6.45) is 1.61. The molecule has 0 atom stereocenters. The molecular formula is C9H10N6O. The van der Waals surface area contributed by atoms with Crippen LogP contribution in [0, 0.1) is 6.92 Å². The first-order chi connectivity index (χ1) is 7.65. The van der Waals surface area contributed by atoms with E-state index in [1.54, 1.807) is 12.3 Å². The third-order valence-electron chi connectivity index (χ3n) is 1.87. The lowest BCUT2D eigenvalue weighted by Gasteiger charge is -2.01. The number of nitrogen functional groups attached to an aromatic ring is 1. The first-order valence-electron chi connectivity index (χ1n) is 4.57. The van der Waals surface area contributed by atoms with Gasteiger partial charge in [0.05, 0.1) is 0 Å². The number of aromatic nitrogens is 4. The molecule has 0 bridgehead atoms. The fourth-order valence-corrected chi connectivity index (χ4v) is 1.16. The highest BCUT2D eigenvalue weighted by atomic mass is 16.2. The molecule has 82 valence electrons. The average molecular weight is 218 g/mol. The molecule has 7 nitrogen and oxygen atoms in total. The van der Waals surface area contributed by atoms with E-state index in [-0.39, 0.29) is 11.8 Å². The third-order valence-corrected chi connectivity index (χ3v) is 1.87. The van der Waals surface area contributed by atoms with Crippen LogP contribution in [-0.4, -0.2) is 26.1 Å². The molecule has 0 unspecified atom stereocenters. The number of rotatable bonds is 2. The number of anilines is 2. The lowest BCUT2D eigenvalue weighted by atomic mass is 10.3. The second-order valence-electron chi connectivity index (χ2n) is 3.21. The van der Waals surface area contributed by atoms with Gasteiger partial charge in [-0.1, -0.05) is 0 Å². The van der Waals surface area contributed by atoms with Crippen LogP contribution in [0.4, 0.5) is 11.8 Å². The van der Waals surface area contributed by atoms with E-state index in [0.29, 0.717) is 5.82 Å². The Balaban J connectivity index is 2.13. The molecule has 0 aliphatic heterocycles. The van der Waals surface area contributed by atoms with E-state index in [0.717, 1.165) is 5.56 Å². The van der Waals surface area contributed by atoms with Gasteiger partial charge in [0, 0.05) is 6.20 Å². The van der Waals surface area contributed by atoms with Crippen LogP contribution in [0.25, 0.3) is 0 Å². The number of aryl methyl sites for hydroxylation is 1. The van der Waals surface area contributed by atoms with Crippen molar-refractivity contribution in [3.05, 3.63) is 29.7 Å². The van der Waals surface area contributed by atoms with Crippen LogP contribution in [0.15, 0.2) is 18.3 Å². The molecule has 0 aliphatic rings. The summed E-state index contributed by atoms with van der Waals surface area (Å²) in [5.74, 6) is 0.116. The van der Waals surface area contributed by atoms with Gasteiger partial charge in [-0.15, -0.1) is 5.10 Å². The van der Waals surface area contributed by atoms with Gasteiger partial charge in [0.15, 0.2) is 0 Å². The van der Waals surface area contributed by atoms with Gasteiger partial charge >= 0.3 is 0 Å². The van der Waals surface area contributed by atoms with Gasteiger partial charge < -0.3 is 11.1 Å². The Kier molecular flexibility index (Phi) is 2.50. The van der Waals surface area contributed by atoms with E-state index in [1.807, 2.05) is 13.0 Å². The summed E-state index contributed by atoms with van der Waals surface area (Å²) >= 11 is 0. The van der Waals surface area contributed by atoms with Crippen LogP contribution in [0.3, 0.4) is 0 Å². The normalized spacial score (nSPS) is 10.1. The summed E-state index contributed by atoms with van der Waals surface area (Å²) in [6, 6.07) is 3.58. The van der Waals surface area contributed by atoms with E-state index in [4.69, 9.17) is 5.73 Å². The van der Waals surface area contributed by atoms with E-state index in [2.05, 4.69) is 25.5 Å². The third kappa shape index (κ3) is 2.14. The van der Waals surface area contributed by atoms with Crippen LogP contribution in [0.1, 0.15) is 16.2 Å². The molecule has 2 aromatic heterocycles. The van der Waals surface area contributed by atoms with Crippen LogP contribution in [0.5, 0.6) is 0 Å². The first-order valence-corrected chi connectivity index (χ1v) is 4.57. The summed E-state index contributed by atoms with van der Waals surface area (Å²) < 4.78 is 0. The lowest BCUT2D eigenvalue weighted by Crippen LogP contribution is -2.14. The number of hydrogen-bond donors (Lipinski definition) is 3. The number of hydrogen-bond acceptors (Lipinski definition) is 5. The smallest absolute Gasteiger partial charge is 0.294 e. The number of amides is 1. The molecule has 0 radical (unpaired) electrons. The number of nitrogens with zero attached hydrogens (tertiary/aromatic N) is 3. The number of H-pyrrole nitrogens is 1. The highest BCUT2D eigenvalue weighted by molar-refractivity contribution is 6.01. The monoisotopic (exact) mass is 218 g/mol. The molecule has 0 spiro atoms. The number of carbonyl (C=O) groups excluding carboxylic acids is 1. The van der Waals surface area contributed by atoms with Gasteiger partial charge in [-0.2, -0.15) is 4.98 Å². The van der Waals surface area contributed by atoms with Crippen molar-refractivity contribution in [2.75, 3.05) is 11.1 Å². The summed E-state index contributed by atoms with van der Waals surface area (Å²) in [5.41, 5.74) is 6.29. The molecule has 2 heterocycles. The van der Waals surface area contributed by atoms with Crippen LogP contribution in [0.2, 0.25) is 0 Å². The number of pyridine rings is 1. The fraction of sp³-hybridized carbons (Fsp3) is 0.111. The molecule has 7 heteroatoms. The molecule has 2 aromatic rings. The predicted octanol–water partition coefficient (Wildman–Crippen LogP) is 0.343. The SMILES string of the molecule is Cc1ccnc(NC(=O)c2nc(N)n[nH]2)c1. The fourth-order valence-electron chi connectivity index (χ4n) is 1.16. The molecule has 0 fully saturated rings. The van der Waals surface area contributed by atoms with E-state index < -0.39 is 5.91 Å². The molecule has 0 aromatic carbocycles. The maximum absolute atomic E-state index is 11.6. The summed E-state index contributed by atoms with van der Waals surface area (Å²) in [5, 5.41) is 8.54. The lowest BCUT2D eigenvalue weighted by molar-refractivity contribution is 0.101. The Morgan fingerprint density at radius 1 is 1.56 bits per heavy atom. The average Bonchev–Trinajstić information content (AvgIpc) is 2.65. The Morgan fingerprint density at radius 2 is 2.38 bits per heavy atom. The Morgan fingerprint density at radius 3 is 3.00 bits per heavy atom. The van der Waals surface area contributed by atoms with Crippen molar-refractivity contribution in [2.45, 2.75) is 6.92 Å². The topological polar surface area (TPSA) is 110 Å². The second kappa shape index (κ2) is 3.97. The van der Waals surface area contributed by atoms with Crippen LogP contribution >= 0.6 is 0 Å². The zero-order chi connectivity index (χ0) is 11.5. The van der Waals surface area contributed by atoms with E-state index in [1.165, 1.54) is 0 Å². The molecule has 4 N–H and O–H groups in total. The quantitative estimate of drug-likeness (QED) is 0.673. The van der Waals surface area contributed by atoms with Gasteiger partial charge in [0.25, 0.3) is 5.91 Å². The predicted molar refractivity (Wildman–Crippen MR) is 57.7 cm³/mol. The molecule has 1 amide bonds. The van der Waals surface area contributed by atoms with Gasteiger partial charge in [-0.05, 0) is 24.6 Å². The van der Waals surface area contributed by atoms with E-state index in [9.17, 15) is 4.79 Å². The van der Waals surface area contributed by atoms with Crippen molar-refractivity contribution >= 4 is 17.7 Å². The molecule has 16 heavy (non-hydrogen) atoms. The Labute approximate surface area is 91.1 Å². The number of nitrogens with one attached hydrogen (secondary N) is 2. The van der Waals surface area contributed by atoms with Gasteiger partial charge in [-0.3, -0.25) is 9.89 Å². The van der Waals surface area contributed by atoms with Crippen LogP contribution in [-0.2, 0) is 0 Å². The first kappa shape index (κ1) is 10.1. The Hall–Kier alpha value is -2.44. The van der Waals surface area contributed by atoms with Gasteiger partial charge in [0.1, 0.15) is 5.82 Å². The van der Waals surface area contributed by atoms with Crippen LogP contribution < -0.4 is 11.1 Å². The number of nitrogens with two attached hydrogens (primary N) is 1. The Bertz CT molecular complexity index is 520. The second-order valence-corrected chi connectivity index (χ2v) is 3.21. The standard InChI is InChI=1S/C9H10N6O/c1-5-2-3-11-6(4-5)12-8(16)7-13-9(10)15-14-7/h2-4H,1H3,(H,11,12,16)(H3,10,13,14,15). The highest BCUT2D eigenvalue weighted by Gasteiger charge is 2.11. The van der Waals surface area contributed by atoms with Crippen molar-refractivity contribution in [2.24, 2.45) is 0 Å². The van der Waals surface area contributed by atoms with E-state index >= 15 is 0 Å². The highest BCUT2D eigenvalue weighted by Crippen LogP contribution is 2.06. The molecule has 0 aliphatic carbocycles. The zero-order valence-electron chi connectivity index (χ0n) is 8.56. The van der Waals surface area contributed by atoms with Crippen molar-refractivity contribution < 1.29 is 4.79 Å². The largest absolute Gasteiger partial charge is 0.366 e. The minimum absolute atomic E-state index is 0.0300. The summed E-state index contributed by atoms with van der Waals surface area (Å²) in [4.78, 5) is 19.3. The minimum atomic E-state index is -0.428. The number of aromatic amines is 1. The maximum atomic E-state index is 11.6. The van der Waals surface area contributed by atoms with Crippen molar-refractivity contribution in [3.63, 3.8) is 0 Å². The maximum Gasteiger partial charge on any atom is 0.294 e.